The highest BCUT2D eigenvalue weighted by atomic mass is 35.5. The van der Waals surface area contributed by atoms with Crippen LogP contribution in [0.1, 0.15) is 44.1 Å². The molecular formula is C23H30ClN5OS. The third-order valence-corrected chi connectivity index (χ3v) is 6.70. The summed E-state index contributed by atoms with van der Waals surface area (Å²) in [6.07, 6.45) is 6.80. The van der Waals surface area contributed by atoms with E-state index in [2.05, 4.69) is 55.8 Å². The molecule has 1 aromatic heterocycles. The predicted molar refractivity (Wildman–Crippen MR) is 130 cm³/mol. The van der Waals surface area contributed by atoms with E-state index in [1.165, 1.54) is 31.2 Å². The van der Waals surface area contributed by atoms with Gasteiger partial charge in [0.2, 0.25) is 5.95 Å². The van der Waals surface area contributed by atoms with Gasteiger partial charge in [-0.05, 0) is 43.5 Å². The molecule has 2 saturated heterocycles. The lowest BCUT2D eigenvalue weighted by atomic mass is 9.74. The third-order valence-electron chi connectivity index (χ3n) is 6.26. The summed E-state index contributed by atoms with van der Waals surface area (Å²) in [4.78, 5) is 11.3. The monoisotopic (exact) mass is 459 g/mol. The normalized spacial score (nSPS) is 18.8. The lowest BCUT2D eigenvalue weighted by Crippen LogP contribution is -2.45. The van der Waals surface area contributed by atoms with E-state index in [9.17, 15) is 0 Å². The number of rotatable bonds is 5. The molecule has 2 aliphatic heterocycles. The Bertz CT molecular complexity index is 868. The first kappa shape index (κ1) is 22.2. The summed E-state index contributed by atoms with van der Waals surface area (Å²) in [6.45, 7) is 4.24. The second-order valence-corrected chi connectivity index (χ2v) is 9.14. The number of nitrogens with zero attached hydrogens (tertiary/aromatic N) is 3. The van der Waals surface area contributed by atoms with Crippen LogP contribution in [0.4, 0.5) is 11.8 Å². The Hall–Kier alpha value is -1.96. The first-order chi connectivity index (χ1) is 15.1. The second-order valence-electron chi connectivity index (χ2n) is 8.34. The standard InChI is InChI=1S/C23H30ClN5OS/c24-19-16-20(29-12-6-1-2-7-13-29)27-21(26-19)28-22(31)25-17-23(10-14-30-15-11-23)18-8-4-3-5-9-18/h3-5,8-9,16H,1-2,6-7,10-15,17H2,(H2,25,26,27,28,31). The molecule has 0 aliphatic carbocycles. The van der Waals surface area contributed by atoms with Crippen LogP contribution in [0.3, 0.4) is 0 Å². The molecule has 0 bridgehead atoms. The maximum atomic E-state index is 6.30. The van der Waals surface area contributed by atoms with Crippen LogP contribution in [-0.4, -0.2) is 47.9 Å². The lowest BCUT2D eigenvalue weighted by Gasteiger charge is -2.38. The van der Waals surface area contributed by atoms with Crippen molar-refractivity contribution in [2.45, 2.75) is 43.9 Å². The highest BCUT2D eigenvalue weighted by Gasteiger charge is 2.34. The highest BCUT2D eigenvalue weighted by molar-refractivity contribution is 7.80. The van der Waals surface area contributed by atoms with E-state index in [4.69, 9.17) is 28.6 Å². The summed E-state index contributed by atoms with van der Waals surface area (Å²) < 4.78 is 5.63. The highest BCUT2D eigenvalue weighted by Crippen LogP contribution is 2.34. The first-order valence-electron chi connectivity index (χ1n) is 11.1. The molecule has 8 heteroatoms. The molecule has 0 radical (unpaired) electrons. The third kappa shape index (κ3) is 5.84. The van der Waals surface area contributed by atoms with Crippen LogP contribution in [0.5, 0.6) is 0 Å². The van der Waals surface area contributed by atoms with Gasteiger partial charge >= 0.3 is 0 Å². The smallest absolute Gasteiger partial charge is 0.232 e. The molecule has 2 fully saturated rings. The largest absolute Gasteiger partial charge is 0.381 e. The second kappa shape index (κ2) is 10.6. The summed E-state index contributed by atoms with van der Waals surface area (Å²) in [5.74, 6) is 1.29. The minimum absolute atomic E-state index is 0.00233. The Balaban J connectivity index is 1.42. The van der Waals surface area contributed by atoms with Crippen molar-refractivity contribution in [2.75, 3.05) is 43.1 Å². The number of aromatic nitrogens is 2. The lowest BCUT2D eigenvalue weighted by molar-refractivity contribution is 0.0515. The molecule has 31 heavy (non-hydrogen) atoms. The zero-order chi connectivity index (χ0) is 21.5. The number of benzene rings is 1. The molecular weight excluding hydrogens is 430 g/mol. The molecule has 2 aliphatic rings. The molecule has 3 heterocycles. The van der Waals surface area contributed by atoms with E-state index >= 15 is 0 Å². The van der Waals surface area contributed by atoms with Gasteiger partial charge in [-0.15, -0.1) is 0 Å². The van der Waals surface area contributed by atoms with E-state index in [1.54, 1.807) is 0 Å². The molecule has 0 spiro atoms. The fourth-order valence-corrected chi connectivity index (χ4v) is 4.78. The number of ether oxygens (including phenoxy) is 1. The zero-order valence-corrected chi connectivity index (χ0v) is 19.4. The van der Waals surface area contributed by atoms with Gasteiger partial charge in [0.25, 0.3) is 0 Å². The fraction of sp³-hybridized carbons (Fsp3) is 0.522. The number of nitrogens with one attached hydrogen (secondary N) is 2. The van der Waals surface area contributed by atoms with Crippen LogP contribution in [0.2, 0.25) is 5.15 Å². The molecule has 6 nitrogen and oxygen atoms in total. The Kier molecular flexibility index (Phi) is 7.58. The molecule has 0 amide bonds. The summed E-state index contributed by atoms with van der Waals surface area (Å²) in [5, 5.41) is 7.47. The summed E-state index contributed by atoms with van der Waals surface area (Å²) in [5.41, 5.74) is 1.31. The molecule has 0 atom stereocenters. The minimum Gasteiger partial charge on any atom is -0.381 e. The topological polar surface area (TPSA) is 62.3 Å². The van der Waals surface area contributed by atoms with E-state index in [0.717, 1.165) is 51.5 Å². The van der Waals surface area contributed by atoms with Gasteiger partial charge in [0.1, 0.15) is 11.0 Å². The number of thiocarbonyl (C=S) groups is 1. The summed E-state index contributed by atoms with van der Waals surface area (Å²) in [6, 6.07) is 12.4. The van der Waals surface area contributed by atoms with E-state index in [-0.39, 0.29) is 5.41 Å². The van der Waals surface area contributed by atoms with Crippen molar-refractivity contribution < 1.29 is 4.74 Å². The Labute approximate surface area is 194 Å². The quantitative estimate of drug-likeness (QED) is 0.502. The van der Waals surface area contributed by atoms with Gasteiger partial charge in [-0.2, -0.15) is 4.98 Å². The van der Waals surface area contributed by atoms with E-state index in [1.807, 2.05) is 6.07 Å². The van der Waals surface area contributed by atoms with Gasteiger partial charge in [-0.25, -0.2) is 4.98 Å². The van der Waals surface area contributed by atoms with Gasteiger partial charge < -0.3 is 20.3 Å². The SMILES string of the molecule is S=C(NCC1(c2ccccc2)CCOCC1)Nc1nc(Cl)cc(N2CCCCCC2)n1. The van der Waals surface area contributed by atoms with Gasteiger partial charge in [0.05, 0.1) is 0 Å². The van der Waals surface area contributed by atoms with Gasteiger partial charge in [0, 0.05) is 44.3 Å². The molecule has 0 unspecified atom stereocenters. The van der Waals surface area contributed by atoms with Crippen LogP contribution in [0.25, 0.3) is 0 Å². The van der Waals surface area contributed by atoms with Crippen LogP contribution in [0.15, 0.2) is 36.4 Å². The van der Waals surface area contributed by atoms with Crippen molar-refractivity contribution >= 4 is 40.7 Å². The zero-order valence-electron chi connectivity index (χ0n) is 17.8. The van der Waals surface area contributed by atoms with Gasteiger partial charge in [0.15, 0.2) is 5.11 Å². The van der Waals surface area contributed by atoms with E-state index in [0.29, 0.717) is 16.2 Å². The van der Waals surface area contributed by atoms with Crippen molar-refractivity contribution in [2.24, 2.45) is 0 Å². The van der Waals surface area contributed by atoms with Crippen LogP contribution in [-0.2, 0) is 10.2 Å². The van der Waals surface area contributed by atoms with Gasteiger partial charge in [-0.1, -0.05) is 54.8 Å². The maximum Gasteiger partial charge on any atom is 0.232 e. The maximum absolute atomic E-state index is 6.30. The fourth-order valence-electron chi connectivity index (χ4n) is 4.44. The summed E-state index contributed by atoms with van der Waals surface area (Å²) >= 11 is 11.9. The molecule has 2 N–H and O–H groups in total. The van der Waals surface area contributed by atoms with Crippen molar-refractivity contribution in [3.8, 4) is 0 Å². The number of halogens is 1. The van der Waals surface area contributed by atoms with Crippen LogP contribution < -0.4 is 15.5 Å². The average Bonchev–Trinajstić information content (AvgIpc) is 3.08. The van der Waals surface area contributed by atoms with Crippen molar-refractivity contribution in [1.29, 1.82) is 0 Å². The van der Waals surface area contributed by atoms with Crippen molar-refractivity contribution in [1.82, 2.24) is 15.3 Å². The minimum atomic E-state index is -0.00233. The number of hydrogen-bond acceptors (Lipinski definition) is 5. The molecule has 2 aromatic rings. The number of hydrogen-bond donors (Lipinski definition) is 2. The first-order valence-corrected chi connectivity index (χ1v) is 11.9. The molecule has 1 aromatic carbocycles. The van der Waals surface area contributed by atoms with E-state index < -0.39 is 0 Å². The summed E-state index contributed by atoms with van der Waals surface area (Å²) in [7, 11) is 0. The predicted octanol–water partition coefficient (Wildman–Crippen LogP) is 4.55. The average molecular weight is 460 g/mol. The van der Waals surface area contributed by atoms with Crippen molar-refractivity contribution in [3.63, 3.8) is 0 Å². The van der Waals surface area contributed by atoms with Crippen LogP contribution in [0, 0.1) is 0 Å². The molecule has 166 valence electrons. The van der Waals surface area contributed by atoms with Crippen molar-refractivity contribution in [3.05, 3.63) is 47.1 Å². The van der Waals surface area contributed by atoms with Gasteiger partial charge in [-0.3, -0.25) is 0 Å². The Morgan fingerprint density at radius 3 is 2.48 bits per heavy atom. The van der Waals surface area contributed by atoms with Crippen LogP contribution >= 0.6 is 23.8 Å². The Morgan fingerprint density at radius 2 is 1.77 bits per heavy atom. The molecule has 0 saturated carbocycles. The Morgan fingerprint density at radius 1 is 1.06 bits per heavy atom. The number of anilines is 2. The molecule has 4 rings (SSSR count).